The summed E-state index contributed by atoms with van der Waals surface area (Å²) in [5.41, 5.74) is 7.39. The van der Waals surface area contributed by atoms with E-state index in [1.807, 2.05) is 32.2 Å². The lowest BCUT2D eigenvalue weighted by atomic mass is 9.96. The molecule has 108 valence electrons. The van der Waals surface area contributed by atoms with Gasteiger partial charge in [-0.2, -0.15) is 0 Å². The van der Waals surface area contributed by atoms with Crippen LogP contribution in [0, 0.1) is 0 Å². The number of aliphatic hydroxyl groups excluding tert-OH is 1. The second-order valence-electron chi connectivity index (χ2n) is 5.19. The summed E-state index contributed by atoms with van der Waals surface area (Å²) in [6, 6.07) is 8.04. The first-order valence-electron chi connectivity index (χ1n) is 6.85. The first kappa shape index (κ1) is 16.4. The Kier molecular flexibility index (Phi) is 6.80. The van der Waals surface area contributed by atoms with Crippen molar-refractivity contribution in [1.82, 2.24) is 4.90 Å². The van der Waals surface area contributed by atoms with Crippen molar-refractivity contribution >= 4 is 11.6 Å². The molecule has 0 saturated heterocycles. The first-order valence-corrected chi connectivity index (χ1v) is 7.22. The van der Waals surface area contributed by atoms with Crippen molar-refractivity contribution in [2.45, 2.75) is 44.9 Å². The Morgan fingerprint density at radius 1 is 1.42 bits per heavy atom. The maximum Gasteiger partial charge on any atom is 0.0524 e. The van der Waals surface area contributed by atoms with E-state index in [2.05, 4.69) is 17.9 Å². The number of likely N-dealkylation sites (N-methyl/N-ethyl adjacent to an activating group) is 1. The van der Waals surface area contributed by atoms with Gasteiger partial charge in [-0.25, -0.2) is 0 Å². The van der Waals surface area contributed by atoms with Gasteiger partial charge in [0.05, 0.1) is 6.10 Å². The maximum absolute atomic E-state index is 9.41. The normalized spacial score (nSPS) is 16.4. The molecule has 1 rings (SSSR count). The van der Waals surface area contributed by atoms with Gasteiger partial charge in [0.2, 0.25) is 0 Å². The molecule has 0 aromatic heterocycles. The Hall–Kier alpha value is -0.610. The van der Waals surface area contributed by atoms with Gasteiger partial charge in [-0.15, -0.1) is 0 Å². The fraction of sp³-hybridized carbons (Fsp3) is 0.600. The largest absolute Gasteiger partial charge is 0.393 e. The molecule has 0 fully saturated rings. The van der Waals surface area contributed by atoms with E-state index in [-0.39, 0.29) is 18.2 Å². The van der Waals surface area contributed by atoms with Gasteiger partial charge in [0.25, 0.3) is 0 Å². The van der Waals surface area contributed by atoms with E-state index in [0.29, 0.717) is 0 Å². The molecule has 3 nitrogen and oxygen atoms in total. The van der Waals surface area contributed by atoms with Gasteiger partial charge in [-0.1, -0.05) is 30.7 Å². The maximum atomic E-state index is 9.41. The average Bonchev–Trinajstić information content (AvgIpc) is 2.36. The Morgan fingerprint density at radius 3 is 2.63 bits per heavy atom. The summed E-state index contributed by atoms with van der Waals surface area (Å²) >= 11 is 6.07. The predicted molar refractivity (Wildman–Crippen MR) is 81.4 cm³/mol. The Morgan fingerprint density at radius 2 is 2.11 bits per heavy atom. The Balaban J connectivity index is 2.88. The van der Waals surface area contributed by atoms with Crippen LogP contribution < -0.4 is 5.73 Å². The monoisotopic (exact) mass is 284 g/mol. The van der Waals surface area contributed by atoms with Gasteiger partial charge >= 0.3 is 0 Å². The number of hydrogen-bond donors (Lipinski definition) is 2. The molecule has 0 radical (unpaired) electrons. The van der Waals surface area contributed by atoms with Gasteiger partial charge in [-0.05, 0) is 44.5 Å². The van der Waals surface area contributed by atoms with Crippen molar-refractivity contribution in [3.63, 3.8) is 0 Å². The van der Waals surface area contributed by atoms with E-state index in [1.165, 1.54) is 0 Å². The third-order valence-corrected chi connectivity index (χ3v) is 3.68. The first-order chi connectivity index (χ1) is 8.95. The number of rotatable bonds is 7. The molecule has 3 N–H and O–H groups in total. The summed E-state index contributed by atoms with van der Waals surface area (Å²) < 4.78 is 0. The SMILES string of the molecule is CCC(N)C(c1cccc(Cl)c1)N(C)CCC(C)O. The summed E-state index contributed by atoms with van der Waals surface area (Å²) in [5.74, 6) is 0. The molecule has 0 saturated carbocycles. The fourth-order valence-electron chi connectivity index (χ4n) is 2.27. The summed E-state index contributed by atoms with van der Waals surface area (Å²) in [6.45, 7) is 4.70. The van der Waals surface area contributed by atoms with Crippen molar-refractivity contribution < 1.29 is 5.11 Å². The molecular formula is C15H25ClN2O. The number of nitrogens with two attached hydrogens (primary N) is 1. The number of hydrogen-bond acceptors (Lipinski definition) is 3. The summed E-state index contributed by atoms with van der Waals surface area (Å²) in [5, 5.41) is 10.1. The zero-order valence-electron chi connectivity index (χ0n) is 12.0. The number of benzene rings is 1. The second kappa shape index (κ2) is 7.85. The molecule has 0 aliphatic rings. The van der Waals surface area contributed by atoms with Crippen LogP contribution in [0.4, 0.5) is 0 Å². The zero-order chi connectivity index (χ0) is 14.4. The molecule has 19 heavy (non-hydrogen) atoms. The topological polar surface area (TPSA) is 49.5 Å². The molecule has 3 atom stereocenters. The van der Waals surface area contributed by atoms with Crippen molar-refractivity contribution in [3.05, 3.63) is 34.9 Å². The molecule has 0 amide bonds. The molecule has 1 aromatic rings. The third-order valence-electron chi connectivity index (χ3n) is 3.44. The van der Waals surface area contributed by atoms with Crippen LogP contribution in [0.25, 0.3) is 0 Å². The lowest BCUT2D eigenvalue weighted by Crippen LogP contribution is -2.39. The summed E-state index contributed by atoms with van der Waals surface area (Å²) in [4.78, 5) is 2.20. The molecule has 0 aliphatic heterocycles. The van der Waals surface area contributed by atoms with Crippen LogP contribution in [0.15, 0.2) is 24.3 Å². The summed E-state index contributed by atoms with van der Waals surface area (Å²) in [7, 11) is 2.05. The smallest absolute Gasteiger partial charge is 0.0524 e. The minimum Gasteiger partial charge on any atom is -0.393 e. The van der Waals surface area contributed by atoms with Crippen LogP contribution in [-0.2, 0) is 0 Å². The fourth-order valence-corrected chi connectivity index (χ4v) is 2.47. The standard InChI is InChI=1S/C15H25ClN2O/c1-4-14(17)15(18(3)9-8-11(2)19)12-6-5-7-13(16)10-12/h5-7,10-11,14-15,19H,4,8-9,17H2,1-3H3. The highest BCUT2D eigenvalue weighted by molar-refractivity contribution is 6.30. The van der Waals surface area contributed by atoms with Crippen LogP contribution in [0.2, 0.25) is 5.02 Å². The molecule has 3 unspecified atom stereocenters. The van der Waals surface area contributed by atoms with Crippen molar-refractivity contribution in [1.29, 1.82) is 0 Å². The van der Waals surface area contributed by atoms with Crippen LogP contribution in [0.1, 0.15) is 38.3 Å². The zero-order valence-corrected chi connectivity index (χ0v) is 12.8. The van der Waals surface area contributed by atoms with Crippen LogP contribution in [-0.4, -0.2) is 35.7 Å². The van der Waals surface area contributed by atoms with Crippen molar-refractivity contribution in [2.75, 3.05) is 13.6 Å². The third kappa shape index (κ3) is 5.11. The number of nitrogens with zero attached hydrogens (tertiary/aromatic N) is 1. The Labute approximate surface area is 121 Å². The average molecular weight is 285 g/mol. The summed E-state index contributed by atoms with van der Waals surface area (Å²) in [6.07, 6.45) is 1.35. The number of halogens is 1. The Bertz CT molecular complexity index is 384. The highest BCUT2D eigenvalue weighted by Gasteiger charge is 2.23. The minimum absolute atomic E-state index is 0.0532. The van der Waals surface area contributed by atoms with Crippen LogP contribution in [0.3, 0.4) is 0 Å². The lowest BCUT2D eigenvalue weighted by Gasteiger charge is -2.33. The molecular weight excluding hydrogens is 260 g/mol. The number of aliphatic hydroxyl groups is 1. The molecule has 0 spiro atoms. The molecule has 0 heterocycles. The van der Waals surface area contributed by atoms with Crippen LogP contribution in [0.5, 0.6) is 0 Å². The van der Waals surface area contributed by atoms with Crippen molar-refractivity contribution in [2.24, 2.45) is 5.73 Å². The van der Waals surface area contributed by atoms with Gasteiger partial charge in [0.15, 0.2) is 0 Å². The molecule has 0 aliphatic carbocycles. The van der Waals surface area contributed by atoms with E-state index in [4.69, 9.17) is 17.3 Å². The van der Waals surface area contributed by atoms with Crippen molar-refractivity contribution in [3.8, 4) is 0 Å². The molecule has 0 bridgehead atoms. The molecule has 1 aromatic carbocycles. The van der Waals surface area contributed by atoms with E-state index < -0.39 is 0 Å². The quantitative estimate of drug-likeness (QED) is 0.809. The minimum atomic E-state index is -0.291. The van der Waals surface area contributed by atoms with E-state index in [0.717, 1.165) is 30.0 Å². The highest BCUT2D eigenvalue weighted by atomic mass is 35.5. The van der Waals surface area contributed by atoms with Gasteiger partial charge in [0, 0.05) is 23.7 Å². The molecule has 4 heteroatoms. The van der Waals surface area contributed by atoms with Crippen LogP contribution >= 0.6 is 11.6 Å². The van der Waals surface area contributed by atoms with Gasteiger partial charge in [-0.3, -0.25) is 4.90 Å². The van der Waals surface area contributed by atoms with E-state index >= 15 is 0 Å². The van der Waals surface area contributed by atoms with E-state index in [9.17, 15) is 5.11 Å². The van der Waals surface area contributed by atoms with Gasteiger partial charge < -0.3 is 10.8 Å². The van der Waals surface area contributed by atoms with Gasteiger partial charge in [0.1, 0.15) is 0 Å². The lowest BCUT2D eigenvalue weighted by molar-refractivity contribution is 0.140. The highest BCUT2D eigenvalue weighted by Crippen LogP contribution is 2.26. The predicted octanol–water partition coefficient (Wildman–Crippen LogP) is 2.82. The second-order valence-corrected chi connectivity index (χ2v) is 5.63. The van der Waals surface area contributed by atoms with E-state index in [1.54, 1.807) is 0 Å².